The van der Waals surface area contributed by atoms with Crippen molar-refractivity contribution < 1.29 is 23.6 Å². The highest BCUT2D eigenvalue weighted by Gasteiger charge is 2.24. The number of ether oxygens (including phenoxy) is 2. The third-order valence-electron chi connectivity index (χ3n) is 4.54. The van der Waals surface area contributed by atoms with Crippen molar-refractivity contribution in [3.8, 4) is 5.75 Å². The lowest BCUT2D eigenvalue weighted by Gasteiger charge is -2.11. The molecule has 0 bridgehead atoms. The zero-order chi connectivity index (χ0) is 23.5. The predicted molar refractivity (Wildman–Crippen MR) is 136 cm³/mol. The Morgan fingerprint density at radius 3 is 2.45 bits per heavy atom. The minimum absolute atomic E-state index is 0.00600. The monoisotopic (exact) mass is 670 g/mol. The highest BCUT2D eigenvalue weighted by molar-refractivity contribution is 14.1. The number of aliphatic imine (C=N–C) groups is 1. The number of carbonyl (C=O) groups excluding carboxylic acids is 1. The quantitative estimate of drug-likeness (QED) is 0.108. The Balaban J connectivity index is 1.54. The van der Waals surface area contributed by atoms with Gasteiger partial charge >= 0.3 is 5.97 Å². The zero-order valence-electron chi connectivity index (χ0n) is 16.6. The smallest absolute Gasteiger partial charge is 0.363 e. The van der Waals surface area contributed by atoms with Crippen LogP contribution in [-0.2, 0) is 16.1 Å². The first-order chi connectivity index (χ1) is 15.8. The number of carbonyl (C=O) groups is 1. The van der Waals surface area contributed by atoms with Crippen LogP contribution in [0.3, 0.4) is 0 Å². The molecule has 0 saturated heterocycles. The maximum absolute atomic E-state index is 13.1. The van der Waals surface area contributed by atoms with E-state index in [9.17, 15) is 19.3 Å². The number of hydrogen-bond donors (Lipinski definition) is 0. The second kappa shape index (κ2) is 9.95. The van der Waals surface area contributed by atoms with Crippen LogP contribution >= 0.6 is 45.2 Å². The van der Waals surface area contributed by atoms with Gasteiger partial charge in [-0.3, -0.25) is 10.1 Å². The van der Waals surface area contributed by atoms with E-state index < -0.39 is 16.7 Å². The maximum atomic E-state index is 13.1. The lowest BCUT2D eigenvalue weighted by Crippen LogP contribution is -2.05. The number of nitro benzene ring substituents is 1. The van der Waals surface area contributed by atoms with Crippen molar-refractivity contribution in [2.75, 3.05) is 0 Å². The molecule has 4 rings (SSSR count). The predicted octanol–water partition coefficient (Wildman–Crippen LogP) is 5.87. The number of hydrogen-bond acceptors (Lipinski definition) is 6. The number of esters is 1. The van der Waals surface area contributed by atoms with Crippen molar-refractivity contribution in [1.82, 2.24) is 0 Å². The number of cyclic esters (lactones) is 1. The van der Waals surface area contributed by atoms with Crippen LogP contribution in [0.1, 0.15) is 16.7 Å². The molecule has 1 aliphatic heterocycles. The van der Waals surface area contributed by atoms with Gasteiger partial charge < -0.3 is 9.47 Å². The highest BCUT2D eigenvalue weighted by atomic mass is 127. The van der Waals surface area contributed by atoms with Gasteiger partial charge in [-0.1, -0.05) is 12.1 Å². The number of non-ortho nitro benzene ring substituents is 1. The number of halogens is 3. The van der Waals surface area contributed by atoms with E-state index in [1.165, 1.54) is 36.4 Å². The molecule has 0 atom stereocenters. The lowest BCUT2D eigenvalue weighted by molar-refractivity contribution is -0.384. The number of nitro groups is 1. The molecule has 33 heavy (non-hydrogen) atoms. The van der Waals surface area contributed by atoms with Gasteiger partial charge in [-0.15, -0.1) is 0 Å². The number of benzene rings is 3. The van der Waals surface area contributed by atoms with Crippen LogP contribution in [0.4, 0.5) is 10.1 Å². The van der Waals surface area contributed by atoms with Gasteiger partial charge in [0, 0.05) is 17.7 Å². The Hall–Kier alpha value is -2.87. The summed E-state index contributed by atoms with van der Waals surface area (Å²) in [5.74, 6) is -0.233. The minimum Gasteiger partial charge on any atom is -0.487 e. The first-order valence-corrected chi connectivity index (χ1v) is 11.6. The van der Waals surface area contributed by atoms with Crippen LogP contribution in [0.15, 0.2) is 71.4 Å². The van der Waals surface area contributed by atoms with E-state index in [2.05, 4.69) is 50.2 Å². The van der Waals surface area contributed by atoms with Crippen LogP contribution in [0.2, 0.25) is 0 Å². The molecular formula is C23H13FI2N2O5. The van der Waals surface area contributed by atoms with E-state index in [0.29, 0.717) is 16.9 Å². The van der Waals surface area contributed by atoms with Gasteiger partial charge in [0.15, 0.2) is 5.70 Å². The van der Waals surface area contributed by atoms with E-state index >= 15 is 0 Å². The van der Waals surface area contributed by atoms with E-state index in [4.69, 9.17) is 9.47 Å². The minimum atomic E-state index is -0.592. The standard InChI is InChI=1S/C23H13FI2N2O5/c24-16-6-4-15(5-7-16)22-27-20(23(29)33-22)11-14-9-18(25)21(19(26)10-14)32-12-13-2-1-3-17(8-13)28(30)31/h1-11H,12H2/b20-11-. The Labute approximate surface area is 214 Å². The van der Waals surface area contributed by atoms with Crippen molar-refractivity contribution in [2.45, 2.75) is 6.61 Å². The fraction of sp³-hybridized carbons (Fsp3) is 0.0435. The van der Waals surface area contributed by atoms with Gasteiger partial charge in [-0.05, 0) is 98.8 Å². The number of nitrogens with zero attached hydrogens (tertiary/aromatic N) is 2. The molecule has 0 aromatic heterocycles. The Morgan fingerprint density at radius 1 is 1.09 bits per heavy atom. The average molecular weight is 670 g/mol. The largest absolute Gasteiger partial charge is 0.487 e. The summed E-state index contributed by atoms with van der Waals surface area (Å²) in [6.07, 6.45) is 1.60. The normalized spacial score (nSPS) is 14.2. The SMILES string of the molecule is O=C1OC(c2ccc(F)cc2)=N/C1=C\c1cc(I)c(OCc2cccc([N+](=O)[O-])c2)c(I)c1. The fourth-order valence-electron chi connectivity index (χ4n) is 3.00. The van der Waals surface area contributed by atoms with Crippen molar-refractivity contribution in [3.05, 3.63) is 106 Å². The van der Waals surface area contributed by atoms with Crippen LogP contribution in [-0.4, -0.2) is 16.8 Å². The molecule has 10 heteroatoms. The summed E-state index contributed by atoms with van der Waals surface area (Å²) in [6.45, 7) is 0.172. The third-order valence-corrected chi connectivity index (χ3v) is 6.14. The molecule has 0 amide bonds. The summed E-state index contributed by atoms with van der Waals surface area (Å²) in [7, 11) is 0. The highest BCUT2D eigenvalue weighted by Crippen LogP contribution is 2.31. The molecular weight excluding hydrogens is 657 g/mol. The first kappa shape index (κ1) is 23.3. The second-order valence-electron chi connectivity index (χ2n) is 6.87. The average Bonchev–Trinajstić information content (AvgIpc) is 3.14. The van der Waals surface area contributed by atoms with Crippen LogP contribution < -0.4 is 4.74 Å². The third kappa shape index (κ3) is 5.55. The van der Waals surface area contributed by atoms with Gasteiger partial charge in [0.25, 0.3) is 5.69 Å². The summed E-state index contributed by atoms with van der Waals surface area (Å²) in [6, 6.07) is 15.5. The van der Waals surface area contributed by atoms with Crippen LogP contribution in [0.5, 0.6) is 5.75 Å². The van der Waals surface area contributed by atoms with Crippen molar-refractivity contribution in [2.24, 2.45) is 4.99 Å². The van der Waals surface area contributed by atoms with E-state index in [-0.39, 0.29) is 23.9 Å². The second-order valence-corrected chi connectivity index (χ2v) is 9.20. The Morgan fingerprint density at radius 2 is 1.79 bits per heavy atom. The van der Waals surface area contributed by atoms with Crippen LogP contribution in [0.25, 0.3) is 6.08 Å². The topological polar surface area (TPSA) is 91.0 Å². The van der Waals surface area contributed by atoms with E-state index in [1.54, 1.807) is 18.2 Å². The molecule has 0 radical (unpaired) electrons. The maximum Gasteiger partial charge on any atom is 0.363 e. The molecule has 3 aromatic rings. The molecule has 166 valence electrons. The van der Waals surface area contributed by atoms with Gasteiger partial charge in [-0.2, -0.15) is 0 Å². The molecule has 0 saturated carbocycles. The molecule has 0 unspecified atom stereocenters. The summed E-state index contributed by atoms with van der Waals surface area (Å²) in [5.41, 5.74) is 2.04. The first-order valence-electron chi connectivity index (χ1n) is 9.44. The van der Waals surface area contributed by atoms with Crippen LogP contribution in [0, 0.1) is 23.1 Å². The molecule has 3 aromatic carbocycles. The van der Waals surface area contributed by atoms with E-state index in [1.807, 2.05) is 12.1 Å². The Bertz CT molecular complexity index is 1300. The van der Waals surface area contributed by atoms with Gasteiger partial charge in [0.05, 0.1) is 12.1 Å². The molecule has 0 fully saturated rings. The summed E-state index contributed by atoms with van der Waals surface area (Å²) in [5, 5.41) is 11.0. The van der Waals surface area contributed by atoms with Gasteiger partial charge in [0.2, 0.25) is 5.90 Å². The summed E-state index contributed by atoms with van der Waals surface area (Å²) >= 11 is 4.25. The zero-order valence-corrected chi connectivity index (χ0v) is 20.9. The van der Waals surface area contributed by atoms with E-state index in [0.717, 1.165) is 12.7 Å². The fourth-order valence-corrected chi connectivity index (χ4v) is 5.13. The van der Waals surface area contributed by atoms with Gasteiger partial charge in [-0.25, -0.2) is 14.2 Å². The molecule has 0 N–H and O–H groups in total. The van der Waals surface area contributed by atoms with Gasteiger partial charge in [0.1, 0.15) is 18.2 Å². The molecule has 0 spiro atoms. The number of rotatable bonds is 6. The van der Waals surface area contributed by atoms with Crippen molar-refractivity contribution >= 4 is 68.8 Å². The lowest BCUT2D eigenvalue weighted by atomic mass is 10.2. The Kier molecular flexibility index (Phi) is 7.02. The van der Waals surface area contributed by atoms with Crippen molar-refractivity contribution in [3.63, 3.8) is 0 Å². The molecule has 1 heterocycles. The molecule has 7 nitrogen and oxygen atoms in total. The molecule has 1 aliphatic rings. The molecule has 0 aliphatic carbocycles. The van der Waals surface area contributed by atoms with Crippen molar-refractivity contribution in [1.29, 1.82) is 0 Å². The summed E-state index contributed by atoms with van der Waals surface area (Å²) in [4.78, 5) is 27.0. The summed E-state index contributed by atoms with van der Waals surface area (Å²) < 4.78 is 25.8.